The lowest BCUT2D eigenvalue weighted by atomic mass is 9.52. The SMILES string of the molecule is CC1C2(c3ccc(Cl)cc3Cl)OC(=N)C1(C#N)C(C#N)(C#N)C(C1CC=CCC1)O2. The second kappa shape index (κ2) is 7.00. The molecule has 0 saturated carbocycles. The molecule has 5 unspecified atom stereocenters. The van der Waals surface area contributed by atoms with Crippen LogP contribution < -0.4 is 0 Å². The quantitative estimate of drug-likeness (QED) is 0.643. The molecule has 152 valence electrons. The molecule has 1 aliphatic carbocycles. The highest BCUT2D eigenvalue weighted by Gasteiger charge is 2.80. The topological polar surface area (TPSA) is 114 Å². The van der Waals surface area contributed by atoms with E-state index in [1.54, 1.807) is 19.1 Å². The number of hydrogen-bond acceptors (Lipinski definition) is 6. The van der Waals surface area contributed by atoms with E-state index >= 15 is 0 Å². The van der Waals surface area contributed by atoms with Crippen molar-refractivity contribution in [1.82, 2.24) is 0 Å². The number of nitrogens with one attached hydrogen (secondary N) is 1. The van der Waals surface area contributed by atoms with Crippen molar-refractivity contribution in [2.75, 3.05) is 0 Å². The van der Waals surface area contributed by atoms with Gasteiger partial charge in [0.2, 0.25) is 11.7 Å². The summed E-state index contributed by atoms with van der Waals surface area (Å²) in [5.41, 5.74) is -3.28. The summed E-state index contributed by atoms with van der Waals surface area (Å²) in [5, 5.41) is 40.0. The molecule has 1 aromatic carbocycles. The molecule has 0 amide bonds. The lowest BCUT2D eigenvalue weighted by Gasteiger charge is -2.51. The Labute approximate surface area is 184 Å². The van der Waals surface area contributed by atoms with Crippen LogP contribution >= 0.6 is 23.2 Å². The third-order valence-electron chi connectivity index (χ3n) is 6.76. The largest absolute Gasteiger partial charge is 0.443 e. The number of ether oxygens (including phenoxy) is 2. The van der Waals surface area contributed by atoms with E-state index in [1.807, 2.05) is 12.2 Å². The zero-order valence-corrected chi connectivity index (χ0v) is 17.7. The molecule has 8 heteroatoms. The molecule has 1 N–H and O–H groups in total. The van der Waals surface area contributed by atoms with Gasteiger partial charge in [-0.15, -0.1) is 0 Å². The molecule has 0 spiro atoms. The fourth-order valence-electron chi connectivity index (χ4n) is 5.18. The number of nitrogens with zero attached hydrogens (tertiary/aromatic N) is 3. The van der Waals surface area contributed by atoms with E-state index in [0.717, 1.165) is 6.42 Å². The Morgan fingerprint density at radius 1 is 1.13 bits per heavy atom. The van der Waals surface area contributed by atoms with E-state index in [1.165, 1.54) is 6.07 Å². The molecule has 2 bridgehead atoms. The highest BCUT2D eigenvalue weighted by molar-refractivity contribution is 6.35. The van der Waals surface area contributed by atoms with Crippen molar-refractivity contribution in [3.63, 3.8) is 0 Å². The van der Waals surface area contributed by atoms with Crippen LogP contribution in [0.15, 0.2) is 30.4 Å². The van der Waals surface area contributed by atoms with Gasteiger partial charge in [-0.2, -0.15) is 15.8 Å². The van der Waals surface area contributed by atoms with Crippen LogP contribution in [-0.4, -0.2) is 12.0 Å². The molecule has 0 radical (unpaired) electrons. The van der Waals surface area contributed by atoms with Crippen molar-refractivity contribution in [1.29, 1.82) is 21.2 Å². The van der Waals surface area contributed by atoms with Gasteiger partial charge in [0.15, 0.2) is 10.8 Å². The predicted octanol–water partition coefficient (Wildman–Crippen LogP) is 5.09. The zero-order valence-electron chi connectivity index (χ0n) is 16.2. The average molecular weight is 441 g/mol. The van der Waals surface area contributed by atoms with E-state index in [-0.39, 0.29) is 10.9 Å². The van der Waals surface area contributed by atoms with Crippen LogP contribution in [0.4, 0.5) is 0 Å². The van der Waals surface area contributed by atoms with Crippen LogP contribution in [0.25, 0.3) is 0 Å². The van der Waals surface area contributed by atoms with Gasteiger partial charge in [-0.05, 0) is 43.4 Å². The minimum Gasteiger partial charge on any atom is -0.443 e. The molecule has 0 aromatic heterocycles. The summed E-state index contributed by atoms with van der Waals surface area (Å²) in [5.74, 6) is -3.04. The van der Waals surface area contributed by atoms with Gasteiger partial charge in [0, 0.05) is 10.6 Å². The van der Waals surface area contributed by atoms with Gasteiger partial charge in [-0.3, -0.25) is 5.41 Å². The number of benzene rings is 1. The van der Waals surface area contributed by atoms with Crippen LogP contribution in [0.2, 0.25) is 10.0 Å². The maximum atomic E-state index is 10.3. The summed E-state index contributed by atoms with van der Waals surface area (Å²) >= 11 is 12.5. The number of rotatable bonds is 2. The monoisotopic (exact) mass is 440 g/mol. The first-order valence-corrected chi connectivity index (χ1v) is 10.4. The molecule has 2 saturated heterocycles. The molecule has 2 fully saturated rings. The second-order valence-corrected chi connectivity index (χ2v) is 8.82. The number of fused-ring (bicyclic) bond motifs is 2. The van der Waals surface area contributed by atoms with Crippen LogP contribution in [0.3, 0.4) is 0 Å². The maximum Gasteiger partial charge on any atom is 0.245 e. The Hall–Kier alpha value is -2.56. The van der Waals surface area contributed by atoms with Gasteiger partial charge >= 0.3 is 0 Å². The molecule has 4 rings (SSSR count). The summed E-state index contributed by atoms with van der Waals surface area (Å²) in [6.07, 6.45) is 5.16. The summed E-state index contributed by atoms with van der Waals surface area (Å²) in [4.78, 5) is 0. The number of allylic oxidation sites excluding steroid dienone is 2. The normalized spacial score (nSPS) is 36.3. The van der Waals surface area contributed by atoms with Crippen LogP contribution in [-0.2, 0) is 15.3 Å². The zero-order chi connectivity index (χ0) is 21.7. The molecular formula is C22H18Cl2N4O2. The van der Waals surface area contributed by atoms with Crippen molar-refractivity contribution in [2.24, 2.45) is 22.7 Å². The predicted molar refractivity (Wildman–Crippen MR) is 109 cm³/mol. The number of hydrogen-bond donors (Lipinski definition) is 1. The van der Waals surface area contributed by atoms with Crippen molar-refractivity contribution in [3.05, 3.63) is 46.0 Å². The molecule has 2 aliphatic heterocycles. The Morgan fingerprint density at radius 3 is 2.43 bits per heavy atom. The van der Waals surface area contributed by atoms with Gasteiger partial charge < -0.3 is 9.47 Å². The summed E-state index contributed by atoms with van der Waals surface area (Å²) < 4.78 is 12.5. The van der Waals surface area contributed by atoms with Crippen molar-refractivity contribution in [2.45, 2.75) is 38.1 Å². The minimum absolute atomic E-state index is 0.186. The van der Waals surface area contributed by atoms with Crippen LogP contribution in [0.1, 0.15) is 31.7 Å². The second-order valence-electron chi connectivity index (χ2n) is 7.98. The highest BCUT2D eigenvalue weighted by atomic mass is 35.5. The van der Waals surface area contributed by atoms with Crippen LogP contribution in [0.5, 0.6) is 0 Å². The summed E-state index contributed by atoms with van der Waals surface area (Å²) in [6.45, 7) is 1.66. The third-order valence-corrected chi connectivity index (χ3v) is 7.30. The molecule has 30 heavy (non-hydrogen) atoms. The Bertz CT molecular complexity index is 1070. The first-order chi connectivity index (χ1) is 14.3. The van der Waals surface area contributed by atoms with Crippen LogP contribution in [0, 0.1) is 62.1 Å². The minimum atomic E-state index is -1.90. The third kappa shape index (κ3) is 2.35. The first-order valence-electron chi connectivity index (χ1n) is 9.63. The fourth-order valence-corrected chi connectivity index (χ4v) is 5.72. The summed E-state index contributed by atoms with van der Waals surface area (Å²) in [7, 11) is 0. The molecule has 3 aliphatic rings. The Balaban J connectivity index is 2.00. The van der Waals surface area contributed by atoms with E-state index in [0.29, 0.717) is 23.4 Å². The van der Waals surface area contributed by atoms with E-state index in [4.69, 9.17) is 38.1 Å². The van der Waals surface area contributed by atoms with E-state index in [9.17, 15) is 15.8 Å². The molecule has 6 nitrogen and oxygen atoms in total. The molecular weight excluding hydrogens is 423 g/mol. The summed E-state index contributed by atoms with van der Waals surface area (Å²) in [6, 6.07) is 11.1. The van der Waals surface area contributed by atoms with Crippen molar-refractivity contribution in [3.8, 4) is 18.2 Å². The smallest absolute Gasteiger partial charge is 0.245 e. The van der Waals surface area contributed by atoms with E-state index < -0.39 is 34.5 Å². The molecule has 1 aromatic rings. The van der Waals surface area contributed by atoms with Gasteiger partial charge in [-0.25, -0.2) is 0 Å². The van der Waals surface area contributed by atoms with E-state index in [2.05, 4.69) is 18.2 Å². The van der Waals surface area contributed by atoms with Crippen molar-refractivity contribution >= 4 is 29.1 Å². The number of halogens is 2. The molecule has 5 atom stereocenters. The number of nitriles is 3. The van der Waals surface area contributed by atoms with Gasteiger partial charge in [0.25, 0.3) is 0 Å². The standard InChI is InChI=1S/C22H18Cl2N4O2/c1-13-21(12-27)19(28)30-22(13,16-8-7-15(23)9-17(16)24)29-18(20(21,10-25)11-26)14-5-3-2-4-6-14/h2-3,7-9,13-14,18,28H,4-6H2,1H3. The van der Waals surface area contributed by atoms with Crippen molar-refractivity contribution < 1.29 is 9.47 Å². The van der Waals surface area contributed by atoms with Gasteiger partial charge in [0.05, 0.1) is 35.3 Å². The lowest BCUT2D eigenvalue weighted by molar-refractivity contribution is -0.296. The highest BCUT2D eigenvalue weighted by Crippen LogP contribution is 2.67. The Morgan fingerprint density at radius 2 is 1.87 bits per heavy atom. The Kier molecular flexibility index (Phi) is 4.83. The van der Waals surface area contributed by atoms with Gasteiger partial charge in [0.1, 0.15) is 0 Å². The average Bonchev–Trinajstić information content (AvgIpc) is 2.90. The first kappa shape index (κ1) is 20.7. The van der Waals surface area contributed by atoms with Gasteiger partial charge in [-0.1, -0.05) is 42.3 Å². The lowest BCUT2D eigenvalue weighted by Crippen LogP contribution is -2.62. The maximum absolute atomic E-state index is 10.3. The fraction of sp³-hybridized carbons (Fsp3) is 0.455. The molecule has 2 heterocycles.